The molecule has 0 aromatic heterocycles. The average molecular weight is 474 g/mol. The Bertz CT molecular complexity index is 1140. The second-order valence-electron chi connectivity index (χ2n) is 7.77. The van der Waals surface area contributed by atoms with Crippen LogP contribution in [0.15, 0.2) is 88.7 Å². The Kier molecular flexibility index (Phi) is 7.84. The highest BCUT2D eigenvalue weighted by Crippen LogP contribution is 2.17. The van der Waals surface area contributed by atoms with Crippen LogP contribution in [0.3, 0.4) is 0 Å². The second-order valence-corrected chi connectivity index (χ2v) is 11.2. The fourth-order valence-corrected chi connectivity index (χ4v) is 5.22. The lowest BCUT2D eigenvalue weighted by molar-refractivity contribution is 0.253. The Morgan fingerprint density at radius 2 is 1.28 bits per heavy atom. The van der Waals surface area contributed by atoms with E-state index in [2.05, 4.69) is 4.72 Å². The number of aryl methyl sites for hydroxylation is 2. The Morgan fingerprint density at radius 1 is 0.750 bits per heavy atom. The second kappa shape index (κ2) is 10.4. The van der Waals surface area contributed by atoms with Crippen molar-refractivity contribution in [2.75, 3.05) is 13.2 Å². The fraction of sp³-hybridized carbons (Fsp3) is 0.250. The Balaban J connectivity index is 1.73. The molecule has 0 aliphatic carbocycles. The molecule has 0 spiro atoms. The van der Waals surface area contributed by atoms with Gasteiger partial charge >= 0.3 is 0 Å². The summed E-state index contributed by atoms with van der Waals surface area (Å²) in [6.07, 6.45) is 0.459. The smallest absolute Gasteiger partial charge is 0.266 e. The molecular formula is C24H27NO5S2. The van der Waals surface area contributed by atoms with E-state index in [-0.39, 0.29) is 22.9 Å². The van der Waals surface area contributed by atoms with Gasteiger partial charge in [-0.25, -0.2) is 13.1 Å². The number of hydrogen-bond donors (Lipinski definition) is 1. The van der Waals surface area contributed by atoms with Crippen LogP contribution in [0.5, 0.6) is 0 Å². The van der Waals surface area contributed by atoms with Gasteiger partial charge in [0.1, 0.15) is 0 Å². The van der Waals surface area contributed by atoms with E-state index in [0.29, 0.717) is 6.42 Å². The minimum atomic E-state index is -3.95. The molecule has 0 saturated heterocycles. The topological polar surface area (TPSA) is 89.5 Å². The van der Waals surface area contributed by atoms with E-state index < -0.39 is 26.1 Å². The van der Waals surface area contributed by atoms with Crippen LogP contribution in [0.4, 0.5) is 0 Å². The van der Waals surface area contributed by atoms with Gasteiger partial charge in [-0.15, -0.1) is 0 Å². The molecule has 0 amide bonds. The van der Waals surface area contributed by atoms with Crippen molar-refractivity contribution in [3.05, 3.63) is 95.6 Å². The highest BCUT2D eigenvalue weighted by molar-refractivity contribution is 7.89. The van der Waals surface area contributed by atoms with Crippen LogP contribution in [-0.4, -0.2) is 30.0 Å². The molecule has 0 heterocycles. The van der Waals surface area contributed by atoms with Crippen molar-refractivity contribution in [2.24, 2.45) is 5.92 Å². The highest BCUT2D eigenvalue weighted by atomic mass is 32.2. The fourth-order valence-electron chi connectivity index (χ4n) is 3.12. The summed E-state index contributed by atoms with van der Waals surface area (Å²) in [6, 6.07) is 22.4. The Morgan fingerprint density at radius 3 is 1.84 bits per heavy atom. The van der Waals surface area contributed by atoms with Crippen molar-refractivity contribution in [3.63, 3.8) is 0 Å². The monoisotopic (exact) mass is 473 g/mol. The van der Waals surface area contributed by atoms with Gasteiger partial charge in [-0.2, -0.15) is 8.42 Å². The molecule has 8 heteroatoms. The summed E-state index contributed by atoms with van der Waals surface area (Å²) in [5.41, 5.74) is 2.86. The maximum atomic E-state index is 12.7. The summed E-state index contributed by atoms with van der Waals surface area (Å²) in [7, 11) is -7.68. The zero-order valence-corrected chi connectivity index (χ0v) is 19.7. The summed E-state index contributed by atoms with van der Waals surface area (Å²) < 4.78 is 58.5. The minimum absolute atomic E-state index is 0.0362. The average Bonchev–Trinajstić information content (AvgIpc) is 2.77. The molecule has 0 aliphatic rings. The third kappa shape index (κ3) is 6.74. The Labute approximate surface area is 190 Å². The molecule has 0 bridgehead atoms. The molecule has 0 aliphatic heterocycles. The molecule has 0 fully saturated rings. The van der Waals surface area contributed by atoms with Gasteiger partial charge in [0.15, 0.2) is 0 Å². The molecule has 1 N–H and O–H groups in total. The first-order valence-corrected chi connectivity index (χ1v) is 13.1. The number of nitrogens with one attached hydrogen (secondary N) is 1. The van der Waals surface area contributed by atoms with Crippen molar-refractivity contribution in [3.8, 4) is 0 Å². The van der Waals surface area contributed by atoms with Gasteiger partial charge in [-0.1, -0.05) is 65.7 Å². The lowest BCUT2D eigenvalue weighted by atomic mass is 10.0. The molecule has 3 aromatic carbocycles. The van der Waals surface area contributed by atoms with E-state index in [9.17, 15) is 16.8 Å². The molecule has 1 atom stereocenters. The van der Waals surface area contributed by atoms with Crippen LogP contribution < -0.4 is 4.72 Å². The first-order chi connectivity index (χ1) is 15.2. The first kappa shape index (κ1) is 24.1. The lowest BCUT2D eigenvalue weighted by Gasteiger charge is -2.18. The van der Waals surface area contributed by atoms with Gasteiger partial charge in [-0.05, 0) is 50.1 Å². The standard InChI is InChI=1S/C24H27NO5S2/c1-19-8-12-23(13-9-19)31(26,27)25-17-22(16-21-6-4-3-5-7-21)18-30-32(28,29)24-14-10-20(2)11-15-24/h3-15,22,25H,16-18H2,1-2H3. The van der Waals surface area contributed by atoms with Gasteiger partial charge in [0.05, 0.1) is 16.4 Å². The van der Waals surface area contributed by atoms with Gasteiger partial charge < -0.3 is 0 Å². The predicted octanol–water partition coefficient (Wildman–Crippen LogP) is 3.85. The van der Waals surface area contributed by atoms with E-state index in [4.69, 9.17) is 4.18 Å². The van der Waals surface area contributed by atoms with Crippen LogP contribution in [0.2, 0.25) is 0 Å². The van der Waals surface area contributed by atoms with Crippen molar-refractivity contribution in [1.29, 1.82) is 0 Å². The van der Waals surface area contributed by atoms with Gasteiger partial charge in [-0.3, -0.25) is 4.18 Å². The first-order valence-electron chi connectivity index (χ1n) is 10.2. The largest absolute Gasteiger partial charge is 0.296 e. The highest BCUT2D eigenvalue weighted by Gasteiger charge is 2.21. The molecular weight excluding hydrogens is 446 g/mol. The van der Waals surface area contributed by atoms with Crippen LogP contribution in [0, 0.1) is 19.8 Å². The van der Waals surface area contributed by atoms with E-state index in [1.165, 1.54) is 12.1 Å². The third-order valence-electron chi connectivity index (χ3n) is 5.03. The van der Waals surface area contributed by atoms with Gasteiger partial charge in [0.25, 0.3) is 10.1 Å². The van der Waals surface area contributed by atoms with Crippen LogP contribution in [0.25, 0.3) is 0 Å². The van der Waals surface area contributed by atoms with Gasteiger partial charge in [0, 0.05) is 12.5 Å². The van der Waals surface area contributed by atoms with Crippen molar-refractivity contribution >= 4 is 20.1 Å². The quantitative estimate of drug-likeness (QED) is 0.452. The molecule has 6 nitrogen and oxygen atoms in total. The maximum Gasteiger partial charge on any atom is 0.296 e. The summed E-state index contributed by atoms with van der Waals surface area (Å²) in [4.78, 5) is 0.233. The molecule has 1 unspecified atom stereocenters. The summed E-state index contributed by atoms with van der Waals surface area (Å²) >= 11 is 0. The van der Waals surface area contributed by atoms with Crippen LogP contribution in [-0.2, 0) is 30.7 Å². The minimum Gasteiger partial charge on any atom is -0.266 e. The third-order valence-corrected chi connectivity index (χ3v) is 7.76. The number of benzene rings is 3. The van der Waals surface area contributed by atoms with Crippen molar-refractivity contribution in [1.82, 2.24) is 4.72 Å². The number of sulfonamides is 1. The number of hydrogen-bond acceptors (Lipinski definition) is 5. The molecule has 170 valence electrons. The van der Waals surface area contributed by atoms with E-state index in [0.717, 1.165) is 16.7 Å². The van der Waals surface area contributed by atoms with Crippen molar-refractivity contribution < 1.29 is 21.0 Å². The van der Waals surface area contributed by atoms with Gasteiger partial charge in [0.2, 0.25) is 10.0 Å². The molecule has 3 aromatic rings. The molecule has 32 heavy (non-hydrogen) atoms. The van der Waals surface area contributed by atoms with Crippen LogP contribution >= 0.6 is 0 Å². The Hall–Kier alpha value is -2.52. The molecule has 3 rings (SSSR count). The predicted molar refractivity (Wildman–Crippen MR) is 124 cm³/mol. The van der Waals surface area contributed by atoms with Crippen molar-refractivity contribution in [2.45, 2.75) is 30.1 Å². The summed E-state index contributed by atoms with van der Waals surface area (Å²) in [5.74, 6) is -0.391. The SMILES string of the molecule is Cc1ccc(S(=O)(=O)NCC(COS(=O)(=O)c2ccc(C)cc2)Cc2ccccc2)cc1. The van der Waals surface area contributed by atoms with E-state index >= 15 is 0 Å². The van der Waals surface area contributed by atoms with E-state index in [1.54, 1.807) is 36.4 Å². The zero-order chi connectivity index (χ0) is 23.2. The molecule has 0 radical (unpaired) electrons. The van der Waals surface area contributed by atoms with E-state index in [1.807, 2.05) is 44.2 Å². The summed E-state index contributed by atoms with van der Waals surface area (Å²) in [5, 5.41) is 0. The maximum absolute atomic E-state index is 12.7. The normalized spacial score (nSPS) is 13.1. The lowest BCUT2D eigenvalue weighted by Crippen LogP contribution is -2.33. The number of rotatable bonds is 10. The zero-order valence-electron chi connectivity index (χ0n) is 18.1. The molecule has 0 saturated carbocycles. The van der Waals surface area contributed by atoms with Crippen LogP contribution in [0.1, 0.15) is 16.7 Å². The summed E-state index contributed by atoms with van der Waals surface area (Å²) in [6.45, 7) is 3.63.